The molecule has 0 aliphatic heterocycles. The van der Waals surface area contributed by atoms with E-state index in [1.54, 1.807) is 6.20 Å². The van der Waals surface area contributed by atoms with Gasteiger partial charge in [0, 0.05) is 19.3 Å². The van der Waals surface area contributed by atoms with Crippen LogP contribution in [0.15, 0.2) is 12.3 Å². The van der Waals surface area contributed by atoms with Crippen molar-refractivity contribution in [2.24, 2.45) is 0 Å². The summed E-state index contributed by atoms with van der Waals surface area (Å²) in [5, 5.41) is 16.1. The van der Waals surface area contributed by atoms with Crippen LogP contribution < -0.4 is 5.32 Å². The summed E-state index contributed by atoms with van der Waals surface area (Å²) >= 11 is 0. The lowest BCUT2D eigenvalue weighted by atomic mass is 10.1. The van der Waals surface area contributed by atoms with E-state index in [2.05, 4.69) is 48.3 Å². The van der Waals surface area contributed by atoms with Crippen molar-refractivity contribution in [2.75, 3.05) is 11.9 Å². The Morgan fingerprint density at radius 1 is 1.17 bits per heavy atom. The van der Waals surface area contributed by atoms with E-state index in [0.717, 1.165) is 41.4 Å². The molecule has 0 spiro atoms. The van der Waals surface area contributed by atoms with Crippen molar-refractivity contribution in [2.45, 2.75) is 34.2 Å². The topological polar surface area (TPSA) is 55.6 Å². The van der Waals surface area contributed by atoms with E-state index in [-0.39, 0.29) is 0 Å². The second kappa shape index (κ2) is 5.16. The van der Waals surface area contributed by atoms with Crippen molar-refractivity contribution < 1.29 is 0 Å². The first-order chi connectivity index (χ1) is 8.69. The molecule has 0 fully saturated rings. The summed E-state index contributed by atoms with van der Waals surface area (Å²) in [6.45, 7) is 9.94. The van der Waals surface area contributed by atoms with Gasteiger partial charge in [-0.25, -0.2) is 0 Å². The lowest BCUT2D eigenvalue weighted by molar-refractivity contribution is 0.664. The van der Waals surface area contributed by atoms with Crippen molar-refractivity contribution in [3.63, 3.8) is 0 Å². The Bertz CT molecular complexity index is 544. The number of aromatic nitrogens is 4. The lowest BCUT2D eigenvalue weighted by Gasteiger charge is -2.12. The summed E-state index contributed by atoms with van der Waals surface area (Å²) in [4.78, 5) is 0. The molecule has 0 saturated carbocycles. The van der Waals surface area contributed by atoms with Crippen LogP contribution in [0.3, 0.4) is 0 Å². The van der Waals surface area contributed by atoms with Gasteiger partial charge in [-0.3, -0.25) is 4.68 Å². The monoisotopic (exact) mass is 245 g/mol. The average Bonchev–Trinajstić information content (AvgIpc) is 2.83. The Hall–Kier alpha value is -1.91. The van der Waals surface area contributed by atoms with E-state index in [1.807, 2.05) is 10.7 Å². The largest absolute Gasteiger partial charge is 0.369 e. The van der Waals surface area contributed by atoms with E-state index < -0.39 is 0 Å². The van der Waals surface area contributed by atoms with E-state index in [1.165, 1.54) is 0 Å². The molecule has 2 heterocycles. The van der Waals surface area contributed by atoms with Crippen LogP contribution >= 0.6 is 0 Å². The van der Waals surface area contributed by atoms with Gasteiger partial charge in [0.25, 0.3) is 0 Å². The standard InChI is InChI=1S/C13H19N5/c1-5-14-13-10(4)9(3)12(16-17-13)11-7-8-15-18(11)6-2/h7-8H,5-6H2,1-4H3,(H,14,17). The molecule has 1 N–H and O–H groups in total. The molecule has 0 saturated heterocycles. The van der Waals surface area contributed by atoms with E-state index >= 15 is 0 Å². The van der Waals surface area contributed by atoms with Gasteiger partial charge in [0.2, 0.25) is 0 Å². The summed E-state index contributed by atoms with van der Waals surface area (Å²) in [6.07, 6.45) is 1.80. The van der Waals surface area contributed by atoms with Crippen LogP contribution in [0.25, 0.3) is 11.4 Å². The molecule has 5 heteroatoms. The minimum absolute atomic E-state index is 0.831. The Morgan fingerprint density at radius 2 is 1.94 bits per heavy atom. The van der Waals surface area contributed by atoms with Crippen molar-refractivity contribution in [3.8, 4) is 11.4 Å². The highest BCUT2D eigenvalue weighted by Gasteiger charge is 2.13. The zero-order valence-electron chi connectivity index (χ0n) is 11.4. The molecular weight excluding hydrogens is 226 g/mol. The van der Waals surface area contributed by atoms with Gasteiger partial charge in [-0.2, -0.15) is 5.10 Å². The molecule has 2 aromatic heterocycles. The van der Waals surface area contributed by atoms with Crippen LogP contribution in [0.1, 0.15) is 25.0 Å². The third-order valence-corrected chi connectivity index (χ3v) is 3.13. The minimum atomic E-state index is 0.831. The highest BCUT2D eigenvalue weighted by molar-refractivity contribution is 5.63. The minimum Gasteiger partial charge on any atom is -0.369 e. The maximum atomic E-state index is 4.34. The van der Waals surface area contributed by atoms with Crippen LogP contribution in [0.4, 0.5) is 5.82 Å². The Labute approximate surface area is 107 Å². The molecule has 0 atom stereocenters. The van der Waals surface area contributed by atoms with Crippen molar-refractivity contribution in [1.82, 2.24) is 20.0 Å². The highest BCUT2D eigenvalue weighted by Crippen LogP contribution is 2.25. The molecule has 2 aromatic rings. The summed E-state index contributed by atoms with van der Waals surface area (Å²) in [7, 11) is 0. The van der Waals surface area contributed by atoms with Crippen LogP contribution in [0, 0.1) is 13.8 Å². The third-order valence-electron chi connectivity index (χ3n) is 3.13. The Kier molecular flexibility index (Phi) is 3.60. The summed E-state index contributed by atoms with van der Waals surface area (Å²) in [5.74, 6) is 0.862. The van der Waals surface area contributed by atoms with Crippen LogP contribution in [-0.4, -0.2) is 26.5 Å². The number of nitrogens with one attached hydrogen (secondary N) is 1. The zero-order chi connectivity index (χ0) is 13.1. The maximum absolute atomic E-state index is 4.34. The lowest BCUT2D eigenvalue weighted by Crippen LogP contribution is -2.08. The number of hydrogen-bond donors (Lipinski definition) is 1. The van der Waals surface area contributed by atoms with Gasteiger partial charge >= 0.3 is 0 Å². The van der Waals surface area contributed by atoms with Gasteiger partial charge in [0.05, 0.1) is 5.69 Å². The Morgan fingerprint density at radius 3 is 2.61 bits per heavy atom. The van der Waals surface area contributed by atoms with Gasteiger partial charge in [-0.05, 0) is 44.9 Å². The second-order valence-electron chi connectivity index (χ2n) is 4.21. The van der Waals surface area contributed by atoms with E-state index in [0.29, 0.717) is 0 Å². The molecule has 0 bridgehead atoms. The number of anilines is 1. The molecular formula is C13H19N5. The van der Waals surface area contributed by atoms with Crippen molar-refractivity contribution in [3.05, 3.63) is 23.4 Å². The second-order valence-corrected chi connectivity index (χ2v) is 4.21. The molecule has 0 aliphatic carbocycles. The van der Waals surface area contributed by atoms with Crippen molar-refractivity contribution in [1.29, 1.82) is 0 Å². The van der Waals surface area contributed by atoms with Crippen LogP contribution in [0.5, 0.6) is 0 Å². The van der Waals surface area contributed by atoms with Crippen molar-refractivity contribution >= 4 is 5.82 Å². The van der Waals surface area contributed by atoms with E-state index in [4.69, 9.17) is 0 Å². The van der Waals surface area contributed by atoms with Crippen LogP contribution in [-0.2, 0) is 6.54 Å². The smallest absolute Gasteiger partial charge is 0.151 e. The molecule has 0 aliphatic rings. The number of nitrogens with zero attached hydrogens (tertiary/aromatic N) is 4. The Balaban J connectivity index is 2.50. The predicted octanol–water partition coefficient (Wildman–Crippen LogP) is 2.41. The first kappa shape index (κ1) is 12.5. The van der Waals surface area contributed by atoms with Gasteiger partial charge in [-0.15, -0.1) is 10.2 Å². The fourth-order valence-corrected chi connectivity index (χ4v) is 1.97. The predicted molar refractivity (Wildman–Crippen MR) is 72.6 cm³/mol. The summed E-state index contributed by atoms with van der Waals surface area (Å²) in [6, 6.07) is 1.98. The molecule has 18 heavy (non-hydrogen) atoms. The quantitative estimate of drug-likeness (QED) is 0.898. The molecule has 96 valence electrons. The molecule has 0 amide bonds. The first-order valence-corrected chi connectivity index (χ1v) is 6.29. The molecule has 2 rings (SSSR count). The van der Waals surface area contributed by atoms with E-state index in [9.17, 15) is 0 Å². The average molecular weight is 245 g/mol. The normalized spacial score (nSPS) is 10.7. The highest BCUT2D eigenvalue weighted by atomic mass is 15.3. The molecule has 5 nitrogen and oxygen atoms in total. The number of rotatable bonds is 4. The fraction of sp³-hybridized carbons (Fsp3) is 0.462. The zero-order valence-corrected chi connectivity index (χ0v) is 11.4. The van der Waals surface area contributed by atoms with Gasteiger partial charge in [0.1, 0.15) is 5.69 Å². The van der Waals surface area contributed by atoms with Gasteiger partial charge in [0.15, 0.2) is 5.82 Å². The SMILES string of the molecule is CCNc1nnc(-c2ccnn2CC)c(C)c1C. The van der Waals surface area contributed by atoms with Crippen LogP contribution in [0.2, 0.25) is 0 Å². The molecule has 0 unspecified atom stereocenters. The first-order valence-electron chi connectivity index (χ1n) is 6.29. The molecule has 0 aromatic carbocycles. The fourth-order valence-electron chi connectivity index (χ4n) is 1.97. The van der Waals surface area contributed by atoms with Gasteiger partial charge < -0.3 is 5.32 Å². The number of hydrogen-bond acceptors (Lipinski definition) is 4. The van der Waals surface area contributed by atoms with Gasteiger partial charge in [-0.1, -0.05) is 0 Å². The summed E-state index contributed by atoms with van der Waals surface area (Å²) in [5.41, 5.74) is 4.23. The molecule has 0 radical (unpaired) electrons. The maximum Gasteiger partial charge on any atom is 0.151 e. The summed E-state index contributed by atoms with van der Waals surface area (Å²) < 4.78 is 1.93. The number of aryl methyl sites for hydroxylation is 1. The third kappa shape index (κ3) is 2.08.